The Bertz CT molecular complexity index is 502. The lowest BCUT2D eigenvalue weighted by atomic mass is 9.60. The minimum absolute atomic E-state index is 0.285. The normalized spacial score (nSPS) is 30.4. The molecule has 102 valence electrons. The predicted octanol–water partition coefficient (Wildman–Crippen LogP) is 4.35. The molecular formula is C18H24O. The summed E-state index contributed by atoms with van der Waals surface area (Å²) in [6, 6.07) is 7.00. The molecule has 0 aliphatic heterocycles. The van der Waals surface area contributed by atoms with Crippen LogP contribution in [0.4, 0.5) is 0 Å². The van der Waals surface area contributed by atoms with E-state index in [0.29, 0.717) is 11.7 Å². The van der Waals surface area contributed by atoms with Gasteiger partial charge in [-0.2, -0.15) is 0 Å². The van der Waals surface area contributed by atoms with E-state index in [2.05, 4.69) is 32.0 Å². The number of aryl methyl sites for hydroxylation is 2. The molecule has 0 radical (unpaired) electrons. The minimum Gasteiger partial charge on any atom is -0.300 e. The zero-order valence-electron chi connectivity index (χ0n) is 12.2. The number of benzene rings is 1. The van der Waals surface area contributed by atoms with Crippen LogP contribution >= 0.6 is 0 Å². The Morgan fingerprint density at radius 2 is 2.16 bits per heavy atom. The van der Waals surface area contributed by atoms with E-state index in [4.69, 9.17) is 0 Å². The predicted molar refractivity (Wildman–Crippen MR) is 78.4 cm³/mol. The molecule has 0 bridgehead atoms. The minimum atomic E-state index is 0.285. The van der Waals surface area contributed by atoms with Gasteiger partial charge in [-0.25, -0.2) is 0 Å². The fourth-order valence-electron chi connectivity index (χ4n) is 4.48. The van der Waals surface area contributed by atoms with Crippen molar-refractivity contribution in [1.82, 2.24) is 0 Å². The number of carbonyl (C=O) groups excluding carboxylic acids is 1. The van der Waals surface area contributed by atoms with Crippen molar-refractivity contribution in [1.29, 1.82) is 0 Å². The summed E-state index contributed by atoms with van der Waals surface area (Å²) in [5.74, 6) is 1.08. The molecule has 3 rings (SSSR count). The lowest BCUT2D eigenvalue weighted by Gasteiger charge is -2.43. The van der Waals surface area contributed by atoms with Crippen LogP contribution in [0.15, 0.2) is 18.2 Å². The van der Waals surface area contributed by atoms with Crippen LogP contribution in [0, 0.1) is 12.8 Å². The maximum Gasteiger partial charge on any atom is 0.133 e. The van der Waals surface area contributed by atoms with Gasteiger partial charge < -0.3 is 0 Å². The van der Waals surface area contributed by atoms with E-state index in [9.17, 15) is 4.79 Å². The van der Waals surface area contributed by atoms with Gasteiger partial charge in [-0.15, -0.1) is 0 Å². The van der Waals surface area contributed by atoms with Crippen LogP contribution in [0.25, 0.3) is 0 Å². The Morgan fingerprint density at radius 1 is 1.32 bits per heavy atom. The highest BCUT2D eigenvalue weighted by Gasteiger charge is 2.44. The van der Waals surface area contributed by atoms with E-state index < -0.39 is 0 Å². The number of rotatable bonds is 1. The molecule has 1 fully saturated rings. The number of Topliss-reactive ketones (excluding diaryl/α,β-unsaturated/α-hetero) is 1. The first kappa shape index (κ1) is 12.9. The lowest BCUT2D eigenvalue weighted by Crippen LogP contribution is -2.40. The van der Waals surface area contributed by atoms with Gasteiger partial charge in [0.05, 0.1) is 0 Å². The molecule has 0 amide bonds. The second-order valence-corrected chi connectivity index (χ2v) is 6.50. The van der Waals surface area contributed by atoms with E-state index in [1.165, 1.54) is 31.2 Å². The Labute approximate surface area is 116 Å². The second kappa shape index (κ2) is 4.77. The summed E-state index contributed by atoms with van der Waals surface area (Å²) < 4.78 is 0. The standard InChI is InChI=1S/C18H24O/c1-3-18-10-9-16(19)12-15(18)6-4-5-14-11-13(2)7-8-17(14)18/h7-8,11,15H,3-6,9-10,12H2,1-2H3/t15-,18+/m0/s1. The van der Waals surface area contributed by atoms with Crippen molar-refractivity contribution >= 4 is 5.78 Å². The molecule has 2 aliphatic carbocycles. The van der Waals surface area contributed by atoms with Crippen molar-refractivity contribution in [2.75, 3.05) is 0 Å². The van der Waals surface area contributed by atoms with Gasteiger partial charge in [-0.3, -0.25) is 4.79 Å². The molecule has 19 heavy (non-hydrogen) atoms. The van der Waals surface area contributed by atoms with Gasteiger partial charge in [0.25, 0.3) is 0 Å². The molecule has 0 N–H and O–H groups in total. The SMILES string of the molecule is CC[C@@]12CCC(=O)C[C@@H]1CCCc1cc(C)ccc12. The third kappa shape index (κ3) is 2.04. The smallest absolute Gasteiger partial charge is 0.133 e. The van der Waals surface area contributed by atoms with E-state index in [0.717, 1.165) is 19.3 Å². The Morgan fingerprint density at radius 3 is 2.95 bits per heavy atom. The molecule has 0 saturated heterocycles. The number of carbonyl (C=O) groups is 1. The molecule has 1 aromatic rings. The van der Waals surface area contributed by atoms with Crippen LogP contribution < -0.4 is 0 Å². The van der Waals surface area contributed by atoms with Gasteiger partial charge in [0.1, 0.15) is 5.78 Å². The first-order chi connectivity index (χ1) is 9.15. The van der Waals surface area contributed by atoms with Crippen LogP contribution in [0.3, 0.4) is 0 Å². The van der Waals surface area contributed by atoms with E-state index in [1.807, 2.05) is 0 Å². The van der Waals surface area contributed by atoms with Crippen LogP contribution in [-0.4, -0.2) is 5.78 Å². The van der Waals surface area contributed by atoms with E-state index >= 15 is 0 Å². The monoisotopic (exact) mass is 256 g/mol. The zero-order valence-corrected chi connectivity index (χ0v) is 12.2. The van der Waals surface area contributed by atoms with Crippen LogP contribution in [0.5, 0.6) is 0 Å². The van der Waals surface area contributed by atoms with Gasteiger partial charge in [0, 0.05) is 12.8 Å². The summed E-state index contributed by atoms with van der Waals surface area (Å²) >= 11 is 0. The van der Waals surface area contributed by atoms with Crippen molar-refractivity contribution < 1.29 is 4.79 Å². The Hall–Kier alpha value is -1.11. The largest absolute Gasteiger partial charge is 0.300 e. The molecule has 0 spiro atoms. The topological polar surface area (TPSA) is 17.1 Å². The third-order valence-electron chi connectivity index (χ3n) is 5.53. The number of hydrogen-bond acceptors (Lipinski definition) is 1. The van der Waals surface area contributed by atoms with Crippen LogP contribution in [0.1, 0.15) is 62.1 Å². The highest BCUT2D eigenvalue weighted by atomic mass is 16.1. The van der Waals surface area contributed by atoms with E-state index in [1.54, 1.807) is 11.1 Å². The van der Waals surface area contributed by atoms with Crippen LogP contribution in [0.2, 0.25) is 0 Å². The molecule has 1 nitrogen and oxygen atoms in total. The van der Waals surface area contributed by atoms with Gasteiger partial charge in [0.2, 0.25) is 0 Å². The van der Waals surface area contributed by atoms with Crippen molar-refractivity contribution in [3.05, 3.63) is 34.9 Å². The lowest BCUT2D eigenvalue weighted by molar-refractivity contribution is -0.123. The second-order valence-electron chi connectivity index (χ2n) is 6.50. The summed E-state index contributed by atoms with van der Waals surface area (Å²) in [5, 5.41) is 0. The van der Waals surface area contributed by atoms with E-state index in [-0.39, 0.29) is 5.41 Å². The van der Waals surface area contributed by atoms with Gasteiger partial charge in [-0.05, 0) is 61.5 Å². The summed E-state index contributed by atoms with van der Waals surface area (Å²) in [4.78, 5) is 11.9. The van der Waals surface area contributed by atoms with Crippen molar-refractivity contribution in [3.8, 4) is 0 Å². The quantitative estimate of drug-likeness (QED) is 0.730. The van der Waals surface area contributed by atoms with Crippen molar-refractivity contribution in [2.24, 2.45) is 5.92 Å². The van der Waals surface area contributed by atoms with Crippen molar-refractivity contribution in [3.63, 3.8) is 0 Å². The average molecular weight is 256 g/mol. The highest BCUT2D eigenvalue weighted by Crippen LogP contribution is 2.50. The average Bonchev–Trinajstić information content (AvgIpc) is 2.55. The molecule has 2 atom stereocenters. The molecule has 0 aromatic heterocycles. The molecule has 0 heterocycles. The fraction of sp³-hybridized carbons (Fsp3) is 0.611. The molecule has 2 aliphatic rings. The molecule has 1 aromatic carbocycles. The number of fused-ring (bicyclic) bond motifs is 3. The first-order valence-corrected chi connectivity index (χ1v) is 7.77. The molecule has 1 saturated carbocycles. The number of ketones is 1. The number of hydrogen-bond donors (Lipinski definition) is 0. The zero-order chi connectivity index (χ0) is 13.5. The molecule has 1 heteroatoms. The van der Waals surface area contributed by atoms with Gasteiger partial charge in [0.15, 0.2) is 0 Å². The summed E-state index contributed by atoms with van der Waals surface area (Å²) in [6.07, 6.45) is 7.54. The van der Waals surface area contributed by atoms with Gasteiger partial charge in [-0.1, -0.05) is 30.7 Å². The first-order valence-electron chi connectivity index (χ1n) is 7.77. The highest BCUT2D eigenvalue weighted by molar-refractivity contribution is 5.80. The summed E-state index contributed by atoms with van der Waals surface area (Å²) in [6.45, 7) is 4.50. The molecule has 0 unspecified atom stereocenters. The molecular weight excluding hydrogens is 232 g/mol. The third-order valence-corrected chi connectivity index (χ3v) is 5.53. The summed E-state index contributed by atoms with van der Waals surface area (Å²) in [5.41, 5.74) is 4.78. The fourth-order valence-corrected chi connectivity index (χ4v) is 4.48. The van der Waals surface area contributed by atoms with Gasteiger partial charge >= 0.3 is 0 Å². The summed E-state index contributed by atoms with van der Waals surface area (Å²) in [7, 11) is 0. The maximum absolute atomic E-state index is 11.9. The van der Waals surface area contributed by atoms with Crippen molar-refractivity contribution in [2.45, 2.75) is 64.2 Å². The Kier molecular flexibility index (Phi) is 3.24. The Balaban J connectivity index is 2.12. The maximum atomic E-state index is 11.9. The van der Waals surface area contributed by atoms with Crippen LogP contribution in [-0.2, 0) is 16.6 Å².